The van der Waals surface area contributed by atoms with E-state index in [1.807, 2.05) is 16.9 Å². The van der Waals surface area contributed by atoms with E-state index in [9.17, 15) is 0 Å². The van der Waals surface area contributed by atoms with Gasteiger partial charge in [-0.1, -0.05) is 0 Å². The Labute approximate surface area is 132 Å². The lowest BCUT2D eigenvalue weighted by Gasteiger charge is -2.08. The third kappa shape index (κ3) is 3.03. The van der Waals surface area contributed by atoms with Crippen molar-refractivity contribution in [2.24, 2.45) is 0 Å². The van der Waals surface area contributed by atoms with Gasteiger partial charge in [0, 0.05) is 23.2 Å². The van der Waals surface area contributed by atoms with Gasteiger partial charge < -0.3 is 14.2 Å². The summed E-state index contributed by atoms with van der Waals surface area (Å²) in [5, 5.41) is 12.7. The molecule has 0 saturated carbocycles. The molecule has 0 saturated heterocycles. The minimum absolute atomic E-state index is 0.448. The van der Waals surface area contributed by atoms with Gasteiger partial charge in [-0.3, -0.25) is 9.78 Å². The summed E-state index contributed by atoms with van der Waals surface area (Å²) in [6.07, 6.45) is 5.49. The van der Waals surface area contributed by atoms with Crippen LogP contribution in [0.1, 0.15) is 0 Å². The van der Waals surface area contributed by atoms with E-state index >= 15 is 0 Å². The van der Waals surface area contributed by atoms with Crippen LogP contribution >= 0.6 is 0 Å². The fourth-order valence-electron chi connectivity index (χ4n) is 2.49. The second-order valence-corrected chi connectivity index (χ2v) is 5.21. The summed E-state index contributed by atoms with van der Waals surface area (Å²) in [6.45, 7) is 3.34. The molecule has 3 aromatic heterocycles. The molecule has 4 heterocycles. The SMILES string of the molecule is c1nn2cc1-c1n[nH]c3cnc(cc13)OCCOCCOCC2. The largest absolute Gasteiger partial charge is 0.475 e. The van der Waals surface area contributed by atoms with Crippen LogP contribution in [0.2, 0.25) is 0 Å². The highest BCUT2D eigenvalue weighted by Crippen LogP contribution is 2.27. The first-order valence-electron chi connectivity index (χ1n) is 7.55. The average molecular weight is 315 g/mol. The van der Waals surface area contributed by atoms with Crippen molar-refractivity contribution in [3.8, 4) is 17.1 Å². The van der Waals surface area contributed by atoms with Crippen LogP contribution in [0.4, 0.5) is 0 Å². The molecule has 0 fully saturated rings. The number of nitrogens with one attached hydrogen (secondary N) is 1. The van der Waals surface area contributed by atoms with Crippen LogP contribution in [-0.2, 0) is 16.0 Å². The topological polar surface area (TPSA) is 87.1 Å². The Morgan fingerprint density at radius 3 is 2.87 bits per heavy atom. The average Bonchev–Trinajstić information content (AvgIpc) is 3.18. The number of aromatic amines is 1. The fraction of sp³-hybridized carbons (Fsp3) is 0.400. The molecule has 0 aromatic carbocycles. The predicted molar refractivity (Wildman–Crippen MR) is 82.2 cm³/mol. The summed E-state index contributed by atoms with van der Waals surface area (Å²) in [7, 11) is 0. The van der Waals surface area contributed by atoms with Crippen LogP contribution in [-0.4, -0.2) is 58.0 Å². The molecule has 0 radical (unpaired) electrons. The summed E-state index contributed by atoms with van der Waals surface area (Å²) in [6, 6.07) is 1.89. The maximum Gasteiger partial charge on any atom is 0.214 e. The van der Waals surface area contributed by atoms with Gasteiger partial charge in [0.1, 0.15) is 12.3 Å². The Morgan fingerprint density at radius 2 is 1.91 bits per heavy atom. The minimum Gasteiger partial charge on any atom is -0.475 e. The number of pyridine rings is 1. The molecule has 8 heteroatoms. The molecule has 0 atom stereocenters. The summed E-state index contributed by atoms with van der Waals surface area (Å²) in [5.41, 5.74) is 2.65. The molecule has 0 aliphatic carbocycles. The molecule has 1 aliphatic rings. The number of H-pyrrole nitrogens is 1. The van der Waals surface area contributed by atoms with E-state index in [-0.39, 0.29) is 0 Å². The van der Waals surface area contributed by atoms with Gasteiger partial charge in [-0.15, -0.1) is 0 Å². The quantitative estimate of drug-likeness (QED) is 0.672. The lowest BCUT2D eigenvalue weighted by Crippen LogP contribution is -2.13. The van der Waals surface area contributed by atoms with Crippen LogP contribution < -0.4 is 4.74 Å². The number of rotatable bonds is 0. The van der Waals surface area contributed by atoms with Crippen molar-refractivity contribution in [3.05, 3.63) is 24.7 Å². The van der Waals surface area contributed by atoms with Gasteiger partial charge in [-0.05, 0) is 0 Å². The van der Waals surface area contributed by atoms with Crippen LogP contribution in [0.25, 0.3) is 22.2 Å². The summed E-state index contributed by atoms with van der Waals surface area (Å²) >= 11 is 0. The molecule has 1 aliphatic heterocycles. The molecule has 23 heavy (non-hydrogen) atoms. The van der Waals surface area contributed by atoms with E-state index in [0.29, 0.717) is 45.5 Å². The minimum atomic E-state index is 0.448. The van der Waals surface area contributed by atoms with Crippen molar-refractivity contribution >= 4 is 10.9 Å². The first-order chi connectivity index (χ1) is 11.4. The smallest absolute Gasteiger partial charge is 0.214 e. The highest BCUT2D eigenvalue weighted by molar-refractivity contribution is 5.92. The van der Waals surface area contributed by atoms with E-state index in [1.54, 1.807) is 12.4 Å². The van der Waals surface area contributed by atoms with Crippen molar-refractivity contribution in [3.63, 3.8) is 0 Å². The Hall–Kier alpha value is -2.45. The van der Waals surface area contributed by atoms with Gasteiger partial charge >= 0.3 is 0 Å². The Bertz CT molecular complexity index is 797. The number of ether oxygens (including phenoxy) is 3. The Kier molecular flexibility index (Phi) is 3.91. The molecular weight excluding hydrogens is 298 g/mol. The fourth-order valence-corrected chi connectivity index (χ4v) is 2.49. The first kappa shape index (κ1) is 14.2. The second kappa shape index (κ2) is 6.35. The van der Waals surface area contributed by atoms with Crippen LogP contribution in [0.3, 0.4) is 0 Å². The van der Waals surface area contributed by atoms with Crippen LogP contribution in [0.5, 0.6) is 5.88 Å². The van der Waals surface area contributed by atoms with Crippen LogP contribution in [0.15, 0.2) is 24.7 Å². The predicted octanol–water partition coefficient (Wildman–Crippen LogP) is 1.25. The van der Waals surface area contributed by atoms with Crippen molar-refractivity contribution in [2.75, 3.05) is 33.0 Å². The van der Waals surface area contributed by atoms with Gasteiger partial charge in [0.15, 0.2) is 0 Å². The molecule has 0 unspecified atom stereocenters. The third-order valence-corrected chi connectivity index (χ3v) is 3.64. The third-order valence-electron chi connectivity index (χ3n) is 3.64. The van der Waals surface area contributed by atoms with Gasteiger partial charge in [-0.25, -0.2) is 4.98 Å². The van der Waals surface area contributed by atoms with Crippen molar-refractivity contribution < 1.29 is 14.2 Å². The lowest BCUT2D eigenvalue weighted by molar-refractivity contribution is 0.0329. The molecule has 0 amide bonds. The van der Waals surface area contributed by atoms with E-state index in [2.05, 4.69) is 20.3 Å². The van der Waals surface area contributed by atoms with Gasteiger partial charge in [0.05, 0.1) is 50.9 Å². The lowest BCUT2D eigenvalue weighted by atomic mass is 10.2. The van der Waals surface area contributed by atoms with Crippen LogP contribution in [0, 0.1) is 0 Å². The van der Waals surface area contributed by atoms with E-state index in [1.165, 1.54) is 0 Å². The van der Waals surface area contributed by atoms with E-state index in [0.717, 1.165) is 22.2 Å². The maximum absolute atomic E-state index is 5.63. The van der Waals surface area contributed by atoms with E-state index < -0.39 is 0 Å². The molecule has 0 spiro atoms. The molecule has 1 N–H and O–H groups in total. The Balaban J connectivity index is 1.70. The molecule has 4 bridgehead atoms. The Morgan fingerprint density at radius 1 is 1.04 bits per heavy atom. The number of hydrogen-bond acceptors (Lipinski definition) is 6. The zero-order valence-corrected chi connectivity index (χ0v) is 12.6. The second-order valence-electron chi connectivity index (χ2n) is 5.21. The highest BCUT2D eigenvalue weighted by atomic mass is 16.5. The van der Waals surface area contributed by atoms with Gasteiger partial charge in [0.2, 0.25) is 5.88 Å². The number of hydrogen-bond donors (Lipinski definition) is 1. The first-order valence-corrected chi connectivity index (χ1v) is 7.55. The molecule has 120 valence electrons. The number of aromatic nitrogens is 5. The standard InChI is InChI=1S/C15H17N5O3/c1-2-21-3-4-22-5-6-23-14-7-12-13(9-16-14)18-19-15(12)11-8-17-20(1)10-11/h7-10H,1-6H2,(H,18,19). The number of nitrogens with zero attached hydrogens (tertiary/aromatic N) is 4. The van der Waals surface area contributed by atoms with Gasteiger partial charge in [-0.2, -0.15) is 10.2 Å². The summed E-state index contributed by atoms with van der Waals surface area (Å²) in [5.74, 6) is 0.555. The molecular formula is C15H17N5O3. The van der Waals surface area contributed by atoms with E-state index in [4.69, 9.17) is 14.2 Å². The summed E-state index contributed by atoms with van der Waals surface area (Å²) in [4.78, 5) is 4.27. The highest BCUT2D eigenvalue weighted by Gasteiger charge is 2.12. The molecule has 8 nitrogen and oxygen atoms in total. The zero-order valence-electron chi connectivity index (χ0n) is 12.6. The monoisotopic (exact) mass is 315 g/mol. The number of fused-ring (bicyclic) bond motifs is 4. The maximum atomic E-state index is 5.63. The van der Waals surface area contributed by atoms with Crippen molar-refractivity contribution in [2.45, 2.75) is 6.54 Å². The van der Waals surface area contributed by atoms with Crippen molar-refractivity contribution in [1.82, 2.24) is 25.0 Å². The molecule has 3 aromatic rings. The summed E-state index contributed by atoms with van der Waals surface area (Å²) < 4.78 is 18.5. The van der Waals surface area contributed by atoms with Crippen molar-refractivity contribution in [1.29, 1.82) is 0 Å². The normalized spacial score (nSPS) is 16.5. The van der Waals surface area contributed by atoms with Gasteiger partial charge in [0.25, 0.3) is 0 Å². The zero-order chi connectivity index (χ0) is 15.5. The molecule has 4 rings (SSSR count).